The van der Waals surface area contributed by atoms with Crippen molar-refractivity contribution in [3.63, 3.8) is 0 Å². The second kappa shape index (κ2) is 6.80. The van der Waals surface area contributed by atoms with Crippen molar-refractivity contribution in [1.29, 1.82) is 0 Å². The number of alkyl halides is 2. The van der Waals surface area contributed by atoms with E-state index in [-0.39, 0.29) is 18.1 Å². The number of aliphatic hydroxyl groups is 1. The van der Waals surface area contributed by atoms with Gasteiger partial charge >= 0.3 is 0 Å². The highest BCUT2D eigenvalue weighted by atomic mass is 19.3. The molecule has 1 fully saturated rings. The number of amides is 1. The van der Waals surface area contributed by atoms with Gasteiger partial charge in [0, 0.05) is 12.6 Å². The number of ether oxygens (including phenoxy) is 1. The maximum atomic E-state index is 12.1. The van der Waals surface area contributed by atoms with Crippen LogP contribution in [0.15, 0.2) is 18.2 Å². The fourth-order valence-electron chi connectivity index (χ4n) is 2.32. The summed E-state index contributed by atoms with van der Waals surface area (Å²) in [5.41, 5.74) is -0.775. The first-order chi connectivity index (χ1) is 9.98. The smallest absolute Gasteiger partial charge is 0.272 e. The van der Waals surface area contributed by atoms with Gasteiger partial charge in [0.25, 0.3) is 12.3 Å². The molecule has 0 aromatic carbocycles. The lowest BCUT2D eigenvalue weighted by molar-refractivity contribution is 0.0448. The quantitative estimate of drug-likeness (QED) is 0.840. The molecule has 0 saturated heterocycles. The minimum Gasteiger partial charge on any atom is -0.472 e. The first-order valence-electron chi connectivity index (χ1n) is 6.87. The van der Waals surface area contributed by atoms with Gasteiger partial charge in [-0.2, -0.15) is 0 Å². The molecule has 1 aliphatic carbocycles. The van der Waals surface area contributed by atoms with Gasteiger partial charge in [-0.25, -0.2) is 13.8 Å². The van der Waals surface area contributed by atoms with E-state index in [0.717, 1.165) is 12.8 Å². The Labute approximate surface area is 121 Å². The molecule has 0 aliphatic heterocycles. The van der Waals surface area contributed by atoms with Gasteiger partial charge in [0.1, 0.15) is 5.69 Å². The molecule has 1 aromatic rings. The molecule has 0 radical (unpaired) electrons. The molecule has 5 nitrogen and oxygen atoms in total. The lowest BCUT2D eigenvalue weighted by Gasteiger charge is -2.22. The zero-order chi connectivity index (χ0) is 15.3. The fourth-order valence-corrected chi connectivity index (χ4v) is 2.32. The number of nitrogens with one attached hydrogen (secondary N) is 1. The van der Waals surface area contributed by atoms with E-state index in [2.05, 4.69) is 10.3 Å². The lowest BCUT2D eigenvalue weighted by Crippen LogP contribution is -2.41. The summed E-state index contributed by atoms with van der Waals surface area (Å²) >= 11 is 0. The highest BCUT2D eigenvalue weighted by molar-refractivity contribution is 5.92. The van der Waals surface area contributed by atoms with Gasteiger partial charge in [0.2, 0.25) is 5.88 Å². The molecule has 1 aliphatic rings. The van der Waals surface area contributed by atoms with E-state index in [1.807, 2.05) is 0 Å². The van der Waals surface area contributed by atoms with Crippen molar-refractivity contribution in [3.05, 3.63) is 23.9 Å². The zero-order valence-corrected chi connectivity index (χ0v) is 11.5. The first kappa shape index (κ1) is 15.6. The summed E-state index contributed by atoms with van der Waals surface area (Å²) < 4.78 is 28.9. The van der Waals surface area contributed by atoms with Crippen molar-refractivity contribution in [2.75, 3.05) is 13.2 Å². The summed E-state index contributed by atoms with van der Waals surface area (Å²) in [4.78, 5) is 15.8. The van der Waals surface area contributed by atoms with E-state index in [1.165, 1.54) is 18.2 Å². The summed E-state index contributed by atoms with van der Waals surface area (Å²) in [5, 5.41) is 12.8. The zero-order valence-electron chi connectivity index (χ0n) is 11.5. The number of halogens is 2. The Morgan fingerprint density at radius 2 is 2.14 bits per heavy atom. The Morgan fingerprint density at radius 1 is 1.43 bits per heavy atom. The number of nitrogens with zero attached hydrogens (tertiary/aromatic N) is 1. The topological polar surface area (TPSA) is 71.5 Å². The number of rotatable bonds is 6. The Balaban J connectivity index is 1.91. The van der Waals surface area contributed by atoms with Crippen LogP contribution in [0, 0.1) is 0 Å². The molecular formula is C14H18F2N2O3. The largest absolute Gasteiger partial charge is 0.472 e. The summed E-state index contributed by atoms with van der Waals surface area (Å²) in [6, 6.07) is 4.37. The molecule has 0 bridgehead atoms. The third kappa shape index (κ3) is 4.63. The van der Waals surface area contributed by atoms with Gasteiger partial charge < -0.3 is 15.2 Å². The predicted octanol–water partition coefficient (Wildman–Crippen LogP) is 1.76. The summed E-state index contributed by atoms with van der Waals surface area (Å²) in [7, 11) is 0. The minimum absolute atomic E-state index is 0.0254. The minimum atomic E-state index is -2.60. The number of carbonyl (C=O) groups excluding carboxylic acids is 1. The van der Waals surface area contributed by atoms with E-state index in [0.29, 0.717) is 12.8 Å². The average Bonchev–Trinajstić information content (AvgIpc) is 2.90. The summed E-state index contributed by atoms with van der Waals surface area (Å²) in [5.74, 6) is -0.486. The molecule has 0 unspecified atom stereocenters. The van der Waals surface area contributed by atoms with E-state index >= 15 is 0 Å². The maximum Gasteiger partial charge on any atom is 0.272 e. The predicted molar refractivity (Wildman–Crippen MR) is 71.5 cm³/mol. The van der Waals surface area contributed by atoms with Gasteiger partial charge in [0.15, 0.2) is 6.61 Å². The average molecular weight is 300 g/mol. The van der Waals surface area contributed by atoms with E-state index in [9.17, 15) is 18.7 Å². The van der Waals surface area contributed by atoms with Crippen LogP contribution in [-0.2, 0) is 0 Å². The Kier molecular flexibility index (Phi) is 5.06. The molecule has 0 spiro atoms. The highest BCUT2D eigenvalue weighted by Crippen LogP contribution is 2.28. The Hall–Kier alpha value is -1.76. The maximum absolute atomic E-state index is 12.1. The van der Waals surface area contributed by atoms with Crippen LogP contribution >= 0.6 is 0 Å². The number of aromatic nitrogens is 1. The molecule has 1 aromatic heterocycles. The summed E-state index contributed by atoms with van der Waals surface area (Å²) in [6.07, 6.45) is 0.625. The Bertz CT molecular complexity index is 491. The van der Waals surface area contributed by atoms with Crippen LogP contribution in [0.4, 0.5) is 8.78 Å². The first-order valence-corrected chi connectivity index (χ1v) is 6.87. The molecule has 21 heavy (non-hydrogen) atoms. The second-order valence-electron chi connectivity index (χ2n) is 5.18. The van der Waals surface area contributed by atoms with Gasteiger partial charge in [-0.15, -0.1) is 0 Å². The lowest BCUT2D eigenvalue weighted by atomic mass is 10.0. The van der Waals surface area contributed by atoms with E-state index in [1.54, 1.807) is 0 Å². The normalized spacial score (nSPS) is 17.0. The van der Waals surface area contributed by atoms with Crippen molar-refractivity contribution in [1.82, 2.24) is 10.3 Å². The number of pyridine rings is 1. The number of hydrogen-bond donors (Lipinski definition) is 2. The van der Waals surface area contributed by atoms with Crippen molar-refractivity contribution >= 4 is 5.91 Å². The third-order valence-electron chi connectivity index (χ3n) is 3.43. The van der Waals surface area contributed by atoms with Crippen molar-refractivity contribution in [3.8, 4) is 5.88 Å². The fraction of sp³-hybridized carbons (Fsp3) is 0.571. The van der Waals surface area contributed by atoms with Crippen LogP contribution in [0.5, 0.6) is 5.88 Å². The molecular weight excluding hydrogens is 282 g/mol. The molecule has 0 atom stereocenters. The van der Waals surface area contributed by atoms with Gasteiger partial charge in [0.05, 0.1) is 5.60 Å². The highest BCUT2D eigenvalue weighted by Gasteiger charge is 2.31. The van der Waals surface area contributed by atoms with Gasteiger partial charge in [-0.1, -0.05) is 18.9 Å². The SMILES string of the molecule is O=C(NCC1(O)CCCC1)c1cccc(OCC(F)F)n1. The van der Waals surface area contributed by atoms with Crippen molar-refractivity contribution in [2.24, 2.45) is 0 Å². The number of carbonyl (C=O) groups is 1. The molecule has 116 valence electrons. The van der Waals surface area contributed by atoms with Crippen LogP contribution in [0.25, 0.3) is 0 Å². The molecule has 7 heteroatoms. The molecule has 1 heterocycles. The molecule has 2 rings (SSSR count). The number of hydrogen-bond acceptors (Lipinski definition) is 4. The molecule has 1 amide bonds. The van der Waals surface area contributed by atoms with Crippen LogP contribution < -0.4 is 10.1 Å². The third-order valence-corrected chi connectivity index (χ3v) is 3.43. The van der Waals surface area contributed by atoms with Gasteiger partial charge in [-0.3, -0.25) is 4.79 Å². The molecule has 2 N–H and O–H groups in total. The van der Waals surface area contributed by atoms with Crippen LogP contribution in [0.3, 0.4) is 0 Å². The van der Waals surface area contributed by atoms with Crippen LogP contribution in [0.2, 0.25) is 0 Å². The van der Waals surface area contributed by atoms with Crippen molar-refractivity contribution in [2.45, 2.75) is 37.7 Å². The van der Waals surface area contributed by atoms with Crippen molar-refractivity contribution < 1.29 is 23.4 Å². The monoisotopic (exact) mass is 300 g/mol. The Morgan fingerprint density at radius 3 is 2.81 bits per heavy atom. The van der Waals surface area contributed by atoms with E-state index in [4.69, 9.17) is 4.74 Å². The standard InChI is InChI=1S/C14H18F2N2O3/c15-11(16)8-21-12-5-3-4-10(18-12)13(19)17-9-14(20)6-1-2-7-14/h3-5,11,20H,1-2,6-9H2,(H,17,19). The van der Waals surface area contributed by atoms with Crippen LogP contribution in [-0.4, -0.2) is 41.2 Å². The van der Waals surface area contributed by atoms with Crippen LogP contribution in [0.1, 0.15) is 36.2 Å². The second-order valence-corrected chi connectivity index (χ2v) is 5.18. The summed E-state index contributed by atoms with van der Waals surface area (Å²) in [6.45, 7) is -0.604. The van der Waals surface area contributed by atoms with E-state index < -0.39 is 24.5 Å². The van der Waals surface area contributed by atoms with Gasteiger partial charge in [-0.05, 0) is 18.9 Å². The molecule has 1 saturated carbocycles.